The van der Waals surface area contributed by atoms with E-state index in [1.807, 2.05) is 19.3 Å². The maximum absolute atomic E-state index is 10.7. The van der Waals surface area contributed by atoms with Crippen molar-refractivity contribution in [2.24, 2.45) is 5.84 Å². The Kier molecular flexibility index (Phi) is 7.72. The molecule has 0 aliphatic rings. The van der Waals surface area contributed by atoms with Gasteiger partial charge in [0.1, 0.15) is 6.10 Å². The standard InChI is InChI=1S/C6H14N2O2.ClH/c1-4(2)10-5(3)6(9)8-7;/h4-5H,7H2,1-3H3,(H,8,9);1H. The van der Waals surface area contributed by atoms with Crippen LogP contribution in [0.15, 0.2) is 0 Å². The molecule has 68 valence electrons. The first-order chi connectivity index (χ1) is 4.57. The topological polar surface area (TPSA) is 64.3 Å². The van der Waals surface area contributed by atoms with Crippen molar-refractivity contribution in [2.45, 2.75) is 33.0 Å². The molecule has 1 atom stereocenters. The van der Waals surface area contributed by atoms with Gasteiger partial charge in [-0.15, -0.1) is 12.4 Å². The predicted octanol–water partition coefficient (Wildman–Crippen LogP) is 0.212. The van der Waals surface area contributed by atoms with E-state index in [-0.39, 0.29) is 24.4 Å². The van der Waals surface area contributed by atoms with Gasteiger partial charge in [0.2, 0.25) is 0 Å². The van der Waals surface area contributed by atoms with E-state index < -0.39 is 6.10 Å². The molecule has 0 spiro atoms. The minimum Gasteiger partial charge on any atom is -0.366 e. The van der Waals surface area contributed by atoms with Crippen LogP contribution in [-0.4, -0.2) is 18.1 Å². The fraction of sp³-hybridized carbons (Fsp3) is 0.833. The summed E-state index contributed by atoms with van der Waals surface area (Å²) >= 11 is 0. The minimum atomic E-state index is -0.468. The number of carbonyl (C=O) groups is 1. The minimum absolute atomic E-state index is 0. The lowest BCUT2D eigenvalue weighted by atomic mass is 10.3. The monoisotopic (exact) mass is 182 g/mol. The molecule has 0 aromatic heterocycles. The first kappa shape index (κ1) is 13.3. The van der Waals surface area contributed by atoms with Crippen LogP contribution >= 0.6 is 12.4 Å². The number of hydrogen-bond donors (Lipinski definition) is 2. The van der Waals surface area contributed by atoms with Gasteiger partial charge in [0.15, 0.2) is 0 Å². The van der Waals surface area contributed by atoms with E-state index in [4.69, 9.17) is 10.6 Å². The molecule has 0 saturated carbocycles. The predicted molar refractivity (Wildman–Crippen MR) is 45.3 cm³/mol. The van der Waals surface area contributed by atoms with Crippen molar-refractivity contribution in [3.63, 3.8) is 0 Å². The highest BCUT2D eigenvalue weighted by Crippen LogP contribution is 1.95. The van der Waals surface area contributed by atoms with E-state index in [2.05, 4.69) is 0 Å². The molecule has 5 heteroatoms. The van der Waals surface area contributed by atoms with Gasteiger partial charge in [0, 0.05) is 0 Å². The Morgan fingerprint density at radius 1 is 1.45 bits per heavy atom. The van der Waals surface area contributed by atoms with Crippen LogP contribution in [-0.2, 0) is 9.53 Å². The summed E-state index contributed by atoms with van der Waals surface area (Å²) in [5.41, 5.74) is 2.01. The molecule has 0 aromatic rings. The molecule has 1 unspecified atom stereocenters. The number of amides is 1. The molecule has 0 fully saturated rings. The summed E-state index contributed by atoms with van der Waals surface area (Å²) in [4.78, 5) is 10.7. The van der Waals surface area contributed by atoms with Crippen LogP contribution in [0.4, 0.5) is 0 Å². The largest absolute Gasteiger partial charge is 0.366 e. The van der Waals surface area contributed by atoms with Gasteiger partial charge in [-0.1, -0.05) is 0 Å². The number of carbonyl (C=O) groups excluding carboxylic acids is 1. The SMILES string of the molecule is CC(C)OC(C)C(=O)NN.Cl. The third kappa shape index (κ3) is 6.09. The molecular weight excluding hydrogens is 168 g/mol. The van der Waals surface area contributed by atoms with Crippen molar-refractivity contribution in [3.8, 4) is 0 Å². The summed E-state index contributed by atoms with van der Waals surface area (Å²) in [6.07, 6.45) is -0.419. The molecule has 1 amide bonds. The van der Waals surface area contributed by atoms with E-state index in [0.29, 0.717) is 0 Å². The molecule has 11 heavy (non-hydrogen) atoms. The summed E-state index contributed by atoms with van der Waals surface area (Å²) in [5, 5.41) is 0. The van der Waals surface area contributed by atoms with Crippen LogP contribution in [0.1, 0.15) is 20.8 Å². The van der Waals surface area contributed by atoms with Crippen LogP contribution < -0.4 is 11.3 Å². The van der Waals surface area contributed by atoms with Gasteiger partial charge in [-0.2, -0.15) is 0 Å². The first-order valence-corrected chi connectivity index (χ1v) is 3.23. The highest BCUT2D eigenvalue weighted by molar-refractivity contribution is 5.85. The number of hydrazine groups is 1. The molecule has 0 heterocycles. The van der Waals surface area contributed by atoms with Gasteiger partial charge >= 0.3 is 0 Å². The quantitative estimate of drug-likeness (QED) is 0.373. The van der Waals surface area contributed by atoms with Crippen molar-refractivity contribution < 1.29 is 9.53 Å². The van der Waals surface area contributed by atoms with Gasteiger partial charge in [-0.3, -0.25) is 10.2 Å². The smallest absolute Gasteiger partial charge is 0.262 e. The van der Waals surface area contributed by atoms with Gasteiger partial charge in [0.05, 0.1) is 6.10 Å². The van der Waals surface area contributed by atoms with Gasteiger partial charge in [-0.05, 0) is 20.8 Å². The third-order valence-electron chi connectivity index (χ3n) is 0.988. The van der Waals surface area contributed by atoms with Gasteiger partial charge in [-0.25, -0.2) is 5.84 Å². The summed E-state index contributed by atoms with van der Waals surface area (Å²) in [5.74, 6) is 4.57. The molecule has 0 radical (unpaired) electrons. The number of ether oxygens (including phenoxy) is 1. The second-order valence-corrected chi connectivity index (χ2v) is 2.34. The number of nitrogens with one attached hydrogen (secondary N) is 1. The Hall–Kier alpha value is -0.320. The Labute approximate surface area is 72.9 Å². The van der Waals surface area contributed by atoms with Crippen LogP contribution in [0, 0.1) is 0 Å². The van der Waals surface area contributed by atoms with E-state index in [1.165, 1.54) is 0 Å². The van der Waals surface area contributed by atoms with Crippen molar-refractivity contribution in [1.82, 2.24) is 5.43 Å². The Balaban J connectivity index is 0. The van der Waals surface area contributed by atoms with E-state index in [1.54, 1.807) is 6.92 Å². The lowest BCUT2D eigenvalue weighted by Crippen LogP contribution is -2.39. The maximum atomic E-state index is 10.7. The normalized spacial score (nSPS) is 12.1. The van der Waals surface area contributed by atoms with Crippen LogP contribution in [0.2, 0.25) is 0 Å². The second-order valence-electron chi connectivity index (χ2n) is 2.34. The van der Waals surface area contributed by atoms with Crippen LogP contribution in [0.3, 0.4) is 0 Å². The van der Waals surface area contributed by atoms with Crippen LogP contribution in [0.25, 0.3) is 0 Å². The number of halogens is 1. The zero-order valence-corrected chi connectivity index (χ0v) is 7.77. The average Bonchev–Trinajstić information content (AvgIpc) is 1.85. The Morgan fingerprint density at radius 3 is 2.18 bits per heavy atom. The fourth-order valence-corrected chi connectivity index (χ4v) is 0.587. The molecule has 0 bridgehead atoms. The molecule has 0 rings (SSSR count). The average molecular weight is 183 g/mol. The zero-order chi connectivity index (χ0) is 8.15. The third-order valence-corrected chi connectivity index (χ3v) is 0.988. The summed E-state index contributed by atoms with van der Waals surface area (Å²) in [7, 11) is 0. The summed E-state index contributed by atoms with van der Waals surface area (Å²) in [6, 6.07) is 0. The molecule has 0 aliphatic carbocycles. The Bertz CT molecular complexity index is 119. The van der Waals surface area contributed by atoms with Crippen molar-refractivity contribution in [2.75, 3.05) is 0 Å². The Morgan fingerprint density at radius 2 is 1.91 bits per heavy atom. The highest BCUT2D eigenvalue weighted by Gasteiger charge is 2.12. The molecule has 4 nitrogen and oxygen atoms in total. The second kappa shape index (κ2) is 6.39. The highest BCUT2D eigenvalue weighted by atomic mass is 35.5. The zero-order valence-electron chi connectivity index (χ0n) is 6.96. The van der Waals surface area contributed by atoms with Crippen molar-refractivity contribution in [3.05, 3.63) is 0 Å². The van der Waals surface area contributed by atoms with Gasteiger partial charge < -0.3 is 4.74 Å². The molecular formula is C6H15ClN2O2. The van der Waals surface area contributed by atoms with E-state index in [9.17, 15) is 4.79 Å². The molecule has 0 aliphatic heterocycles. The van der Waals surface area contributed by atoms with E-state index >= 15 is 0 Å². The lowest BCUT2D eigenvalue weighted by Gasteiger charge is -2.13. The lowest BCUT2D eigenvalue weighted by molar-refractivity contribution is -0.134. The molecule has 3 N–H and O–H groups in total. The number of nitrogens with two attached hydrogens (primary N) is 1. The van der Waals surface area contributed by atoms with Crippen molar-refractivity contribution in [1.29, 1.82) is 0 Å². The number of hydrogen-bond acceptors (Lipinski definition) is 3. The number of rotatable bonds is 3. The summed E-state index contributed by atoms with van der Waals surface area (Å²) < 4.78 is 5.11. The fourth-order valence-electron chi connectivity index (χ4n) is 0.587. The first-order valence-electron chi connectivity index (χ1n) is 3.23. The molecule has 0 aromatic carbocycles. The van der Waals surface area contributed by atoms with Crippen LogP contribution in [0.5, 0.6) is 0 Å². The van der Waals surface area contributed by atoms with Gasteiger partial charge in [0.25, 0.3) is 5.91 Å². The van der Waals surface area contributed by atoms with E-state index in [0.717, 1.165) is 0 Å². The molecule has 0 saturated heterocycles. The maximum Gasteiger partial charge on any atom is 0.262 e. The summed E-state index contributed by atoms with van der Waals surface area (Å²) in [6.45, 7) is 5.38. The van der Waals surface area contributed by atoms with Crippen molar-refractivity contribution >= 4 is 18.3 Å².